The average molecular weight is 436 g/mol. The maximum absolute atomic E-state index is 10.7. The Balaban J connectivity index is 1.29. The lowest BCUT2D eigenvalue weighted by atomic mass is 10.1. The van der Waals surface area contributed by atoms with E-state index in [-0.39, 0.29) is 6.42 Å². The number of likely N-dealkylation sites (tertiary alicyclic amines) is 1. The predicted molar refractivity (Wildman–Crippen MR) is 126 cm³/mol. The lowest BCUT2D eigenvalue weighted by Crippen LogP contribution is -2.35. The molecule has 0 saturated carbocycles. The summed E-state index contributed by atoms with van der Waals surface area (Å²) in [6.07, 6.45) is 4.18. The van der Waals surface area contributed by atoms with Gasteiger partial charge in [-0.15, -0.1) is 11.3 Å². The number of hydrogen-bond donors (Lipinski definition) is 1. The SMILES string of the molecule is O=C(O)CCCN1CCCC1COc1ccc(-c2ccc(Cc3ccccc3)s2)cc1. The molecule has 0 radical (unpaired) electrons. The number of carboxylic acid groups (broad SMARTS) is 1. The molecule has 1 aliphatic rings. The van der Waals surface area contributed by atoms with E-state index >= 15 is 0 Å². The van der Waals surface area contributed by atoms with Crippen molar-refractivity contribution < 1.29 is 14.6 Å². The molecular formula is C26H29NO3S. The Morgan fingerprint density at radius 2 is 1.87 bits per heavy atom. The Hall–Kier alpha value is -2.63. The van der Waals surface area contributed by atoms with Gasteiger partial charge < -0.3 is 9.84 Å². The van der Waals surface area contributed by atoms with Crippen molar-refractivity contribution in [2.75, 3.05) is 19.7 Å². The van der Waals surface area contributed by atoms with Crippen LogP contribution in [-0.4, -0.2) is 41.7 Å². The van der Waals surface area contributed by atoms with Crippen LogP contribution in [0.25, 0.3) is 10.4 Å². The molecular weight excluding hydrogens is 406 g/mol. The van der Waals surface area contributed by atoms with E-state index in [2.05, 4.69) is 71.6 Å². The number of ether oxygens (including phenoxy) is 1. The van der Waals surface area contributed by atoms with Crippen LogP contribution in [0, 0.1) is 0 Å². The van der Waals surface area contributed by atoms with Gasteiger partial charge in [0.2, 0.25) is 0 Å². The first-order chi connectivity index (χ1) is 15.2. The highest BCUT2D eigenvalue weighted by Gasteiger charge is 2.24. The topological polar surface area (TPSA) is 49.8 Å². The molecule has 4 rings (SSSR count). The van der Waals surface area contributed by atoms with Crippen LogP contribution in [0.15, 0.2) is 66.7 Å². The molecule has 0 spiro atoms. The Kier molecular flexibility index (Phi) is 7.39. The third-order valence-corrected chi connectivity index (χ3v) is 6.93. The fraction of sp³-hybridized carbons (Fsp3) is 0.346. The molecule has 1 aromatic heterocycles. The van der Waals surface area contributed by atoms with E-state index in [9.17, 15) is 4.79 Å². The zero-order valence-electron chi connectivity index (χ0n) is 17.7. The molecule has 5 heteroatoms. The quantitative estimate of drug-likeness (QED) is 0.443. The molecule has 4 nitrogen and oxygen atoms in total. The largest absolute Gasteiger partial charge is 0.492 e. The molecule has 31 heavy (non-hydrogen) atoms. The molecule has 1 aliphatic heterocycles. The summed E-state index contributed by atoms with van der Waals surface area (Å²) in [7, 11) is 0. The second-order valence-electron chi connectivity index (χ2n) is 8.09. The van der Waals surface area contributed by atoms with E-state index in [0.29, 0.717) is 19.1 Å². The van der Waals surface area contributed by atoms with Gasteiger partial charge >= 0.3 is 5.97 Å². The maximum Gasteiger partial charge on any atom is 0.303 e. The van der Waals surface area contributed by atoms with Gasteiger partial charge in [-0.3, -0.25) is 9.69 Å². The highest BCUT2D eigenvalue weighted by molar-refractivity contribution is 7.15. The number of carbonyl (C=O) groups is 1. The van der Waals surface area contributed by atoms with Crippen molar-refractivity contribution in [3.05, 3.63) is 77.2 Å². The monoisotopic (exact) mass is 435 g/mol. The molecule has 1 unspecified atom stereocenters. The molecule has 1 N–H and O–H groups in total. The van der Waals surface area contributed by atoms with Gasteiger partial charge in [0.15, 0.2) is 0 Å². The number of thiophene rings is 1. The summed E-state index contributed by atoms with van der Waals surface area (Å²) in [5.74, 6) is 0.173. The van der Waals surface area contributed by atoms with Gasteiger partial charge in [-0.25, -0.2) is 0 Å². The second kappa shape index (κ2) is 10.6. The first-order valence-electron chi connectivity index (χ1n) is 11.0. The van der Waals surface area contributed by atoms with Crippen LogP contribution in [0.2, 0.25) is 0 Å². The van der Waals surface area contributed by atoms with Crippen molar-refractivity contribution in [3.63, 3.8) is 0 Å². The zero-order valence-corrected chi connectivity index (χ0v) is 18.5. The number of nitrogens with zero attached hydrogens (tertiary/aromatic N) is 1. The number of aliphatic carboxylic acids is 1. The molecule has 1 atom stereocenters. The van der Waals surface area contributed by atoms with Crippen LogP contribution in [-0.2, 0) is 11.2 Å². The summed E-state index contributed by atoms with van der Waals surface area (Å²) in [5.41, 5.74) is 2.55. The maximum atomic E-state index is 10.7. The number of carboxylic acids is 1. The third-order valence-electron chi connectivity index (χ3n) is 5.80. The zero-order chi connectivity index (χ0) is 21.5. The summed E-state index contributed by atoms with van der Waals surface area (Å²) in [6, 6.07) is 23.7. The first kappa shape index (κ1) is 21.6. The van der Waals surface area contributed by atoms with E-state index in [1.807, 2.05) is 11.3 Å². The van der Waals surface area contributed by atoms with Gasteiger partial charge in [-0.05, 0) is 79.9 Å². The van der Waals surface area contributed by atoms with E-state index in [4.69, 9.17) is 9.84 Å². The number of benzene rings is 2. The predicted octanol–water partition coefficient (Wildman–Crippen LogP) is 5.71. The Morgan fingerprint density at radius 1 is 1.06 bits per heavy atom. The van der Waals surface area contributed by atoms with Crippen molar-refractivity contribution in [2.45, 2.75) is 38.1 Å². The van der Waals surface area contributed by atoms with Crippen LogP contribution < -0.4 is 4.74 Å². The van der Waals surface area contributed by atoms with E-state index < -0.39 is 5.97 Å². The minimum Gasteiger partial charge on any atom is -0.492 e. The first-order valence-corrected chi connectivity index (χ1v) is 11.8. The summed E-state index contributed by atoms with van der Waals surface area (Å²) in [4.78, 5) is 15.8. The second-order valence-corrected chi connectivity index (χ2v) is 9.26. The van der Waals surface area contributed by atoms with Crippen LogP contribution in [0.5, 0.6) is 5.75 Å². The summed E-state index contributed by atoms with van der Waals surface area (Å²) < 4.78 is 6.07. The molecule has 1 saturated heterocycles. The fourth-order valence-electron chi connectivity index (χ4n) is 4.14. The summed E-state index contributed by atoms with van der Waals surface area (Å²) in [6.45, 7) is 2.53. The third kappa shape index (κ3) is 6.18. The van der Waals surface area contributed by atoms with Crippen molar-refractivity contribution in [3.8, 4) is 16.2 Å². The molecule has 1 fully saturated rings. The van der Waals surface area contributed by atoms with Gasteiger partial charge in [-0.1, -0.05) is 30.3 Å². The lowest BCUT2D eigenvalue weighted by Gasteiger charge is -2.24. The minimum atomic E-state index is -0.718. The van der Waals surface area contributed by atoms with E-state index in [1.54, 1.807) is 0 Å². The van der Waals surface area contributed by atoms with Gasteiger partial charge in [0.1, 0.15) is 12.4 Å². The number of rotatable bonds is 10. The van der Waals surface area contributed by atoms with Gasteiger partial charge in [0, 0.05) is 28.6 Å². The van der Waals surface area contributed by atoms with Crippen LogP contribution in [0.1, 0.15) is 36.1 Å². The van der Waals surface area contributed by atoms with Gasteiger partial charge in [-0.2, -0.15) is 0 Å². The molecule has 0 aliphatic carbocycles. The smallest absolute Gasteiger partial charge is 0.303 e. The van der Waals surface area contributed by atoms with Crippen molar-refractivity contribution in [1.29, 1.82) is 0 Å². The molecule has 2 heterocycles. The summed E-state index contributed by atoms with van der Waals surface area (Å²) >= 11 is 1.84. The fourth-order valence-corrected chi connectivity index (χ4v) is 5.19. The van der Waals surface area contributed by atoms with E-state index in [1.165, 1.54) is 20.9 Å². The standard InChI is InChI=1S/C26H29NO3S/c28-26(29)9-5-17-27-16-4-8-22(27)19-30-23-12-10-21(11-13-23)25-15-14-24(31-25)18-20-6-2-1-3-7-20/h1-3,6-7,10-15,22H,4-5,8-9,16-19H2,(H,28,29). The van der Waals surface area contributed by atoms with Gasteiger partial charge in [0.25, 0.3) is 0 Å². The Bertz CT molecular complexity index is 968. The van der Waals surface area contributed by atoms with Crippen molar-refractivity contribution >= 4 is 17.3 Å². The minimum absolute atomic E-state index is 0.237. The van der Waals surface area contributed by atoms with E-state index in [0.717, 1.165) is 38.1 Å². The average Bonchev–Trinajstić information content (AvgIpc) is 3.43. The molecule has 162 valence electrons. The molecule has 0 bridgehead atoms. The Morgan fingerprint density at radius 3 is 2.65 bits per heavy atom. The molecule has 3 aromatic rings. The highest BCUT2D eigenvalue weighted by atomic mass is 32.1. The van der Waals surface area contributed by atoms with Crippen LogP contribution in [0.4, 0.5) is 0 Å². The van der Waals surface area contributed by atoms with Crippen LogP contribution in [0.3, 0.4) is 0 Å². The highest BCUT2D eigenvalue weighted by Crippen LogP contribution is 2.31. The summed E-state index contributed by atoms with van der Waals surface area (Å²) in [5, 5.41) is 8.84. The normalized spacial score (nSPS) is 16.5. The van der Waals surface area contributed by atoms with Crippen molar-refractivity contribution in [1.82, 2.24) is 4.90 Å². The lowest BCUT2D eigenvalue weighted by molar-refractivity contribution is -0.137. The Labute approximate surface area is 188 Å². The van der Waals surface area contributed by atoms with Crippen molar-refractivity contribution in [2.24, 2.45) is 0 Å². The van der Waals surface area contributed by atoms with Crippen LogP contribution >= 0.6 is 11.3 Å². The molecule has 2 aromatic carbocycles. The number of hydrogen-bond acceptors (Lipinski definition) is 4. The van der Waals surface area contributed by atoms with Gasteiger partial charge in [0.05, 0.1) is 0 Å². The molecule has 0 amide bonds.